The van der Waals surface area contributed by atoms with Gasteiger partial charge in [0.15, 0.2) is 0 Å². The van der Waals surface area contributed by atoms with Gasteiger partial charge in [-0.3, -0.25) is 4.79 Å². The van der Waals surface area contributed by atoms with Gasteiger partial charge in [0.05, 0.1) is 5.56 Å². The van der Waals surface area contributed by atoms with E-state index in [4.69, 9.17) is 0 Å². The maximum absolute atomic E-state index is 12.9. The van der Waals surface area contributed by atoms with E-state index in [0.29, 0.717) is 11.1 Å². The van der Waals surface area contributed by atoms with Crippen molar-refractivity contribution >= 4 is 5.91 Å². The lowest BCUT2D eigenvalue weighted by Gasteiger charge is -2.10. The van der Waals surface area contributed by atoms with Crippen LogP contribution in [-0.4, -0.2) is 5.91 Å². The number of fused-ring (bicyclic) bond motifs is 1. The highest BCUT2D eigenvalue weighted by Gasteiger charge is 2.21. The first-order chi connectivity index (χ1) is 5.79. The highest BCUT2D eigenvalue weighted by Crippen LogP contribution is 2.27. The zero-order valence-electron chi connectivity index (χ0n) is 6.07. The number of carbonyl (C=O) groups excluding carboxylic acids is 1. The second kappa shape index (κ2) is 2.48. The fourth-order valence-electron chi connectivity index (χ4n) is 1.12. The molecule has 1 amide bonds. The number of nitrogens with zero attached hydrogens (tertiary/aromatic N) is 2. The van der Waals surface area contributed by atoms with Crippen molar-refractivity contribution in [1.82, 2.24) is 0 Å². The van der Waals surface area contributed by atoms with Crippen molar-refractivity contribution in [3.63, 3.8) is 0 Å². The molecule has 60 valence electrons. The molecule has 0 aromatic heterocycles. The molecule has 0 aliphatic carbocycles. The number of hydrogen-bond acceptors (Lipinski definition) is 2. The fraction of sp³-hybridized carbons (Fsp3) is 0.125. The Balaban J connectivity index is 2.61. The summed E-state index contributed by atoms with van der Waals surface area (Å²) in [5.41, 5.74) is 0.609. The van der Waals surface area contributed by atoms with Crippen LogP contribution in [0, 0.1) is 0 Å². The normalized spacial score (nSPS) is 20.8. The van der Waals surface area contributed by atoms with Gasteiger partial charge in [-0.1, -0.05) is 18.2 Å². The third-order valence-corrected chi connectivity index (χ3v) is 1.70. The van der Waals surface area contributed by atoms with Crippen LogP contribution in [0.4, 0.5) is 4.39 Å². The Kier molecular flexibility index (Phi) is 1.46. The Morgan fingerprint density at radius 1 is 1.33 bits per heavy atom. The molecule has 0 saturated carbocycles. The fourth-order valence-corrected chi connectivity index (χ4v) is 1.12. The average Bonchev–Trinajstić information content (AvgIpc) is 2.12. The van der Waals surface area contributed by atoms with Gasteiger partial charge in [0.25, 0.3) is 5.91 Å². The maximum Gasteiger partial charge on any atom is 0.295 e. The van der Waals surface area contributed by atoms with Gasteiger partial charge in [-0.2, -0.15) is 0 Å². The van der Waals surface area contributed by atoms with E-state index in [0.717, 1.165) is 0 Å². The lowest BCUT2D eigenvalue weighted by atomic mass is 10.1. The van der Waals surface area contributed by atoms with E-state index >= 15 is 0 Å². The molecule has 1 heterocycles. The highest BCUT2D eigenvalue weighted by atomic mass is 19.1. The van der Waals surface area contributed by atoms with E-state index in [9.17, 15) is 9.18 Å². The van der Waals surface area contributed by atoms with Crippen molar-refractivity contribution in [2.75, 3.05) is 0 Å². The Labute approximate surface area is 67.9 Å². The quantitative estimate of drug-likeness (QED) is 0.542. The topological polar surface area (TPSA) is 41.8 Å². The molecule has 1 aromatic rings. The molecule has 0 fully saturated rings. The molecule has 1 atom stereocenters. The summed E-state index contributed by atoms with van der Waals surface area (Å²) in [6.07, 6.45) is -1.49. The Bertz CT molecular complexity index is 362. The van der Waals surface area contributed by atoms with Crippen molar-refractivity contribution in [2.24, 2.45) is 10.2 Å². The first-order valence-electron chi connectivity index (χ1n) is 3.47. The van der Waals surface area contributed by atoms with Crippen molar-refractivity contribution in [2.45, 2.75) is 6.30 Å². The molecular weight excluding hydrogens is 159 g/mol. The van der Waals surface area contributed by atoms with Crippen molar-refractivity contribution in [3.8, 4) is 0 Å². The predicted octanol–water partition coefficient (Wildman–Crippen LogP) is 2.26. The Hall–Kier alpha value is -1.58. The standard InChI is InChI=1S/C8H5FN2O/c9-7-5-3-1-2-4-6(5)8(12)11-10-7/h1-4,7H. The van der Waals surface area contributed by atoms with Gasteiger partial charge >= 0.3 is 0 Å². The van der Waals surface area contributed by atoms with Gasteiger partial charge in [-0.05, 0) is 6.07 Å². The maximum atomic E-state index is 12.9. The van der Waals surface area contributed by atoms with E-state index in [1.165, 1.54) is 6.07 Å². The molecule has 0 radical (unpaired) electrons. The van der Waals surface area contributed by atoms with Gasteiger partial charge in [0.1, 0.15) is 0 Å². The van der Waals surface area contributed by atoms with Crippen LogP contribution in [0.15, 0.2) is 34.5 Å². The number of amides is 1. The van der Waals surface area contributed by atoms with Crippen LogP contribution < -0.4 is 0 Å². The molecule has 0 spiro atoms. The zero-order valence-corrected chi connectivity index (χ0v) is 6.07. The van der Waals surface area contributed by atoms with E-state index in [-0.39, 0.29) is 0 Å². The van der Waals surface area contributed by atoms with Crippen LogP contribution in [-0.2, 0) is 0 Å². The number of hydrogen-bond donors (Lipinski definition) is 0. The molecule has 4 heteroatoms. The zero-order chi connectivity index (χ0) is 8.55. The van der Waals surface area contributed by atoms with E-state index in [1.807, 2.05) is 0 Å². The molecule has 1 unspecified atom stereocenters. The van der Waals surface area contributed by atoms with Gasteiger partial charge in [-0.15, -0.1) is 10.2 Å². The van der Waals surface area contributed by atoms with E-state index < -0.39 is 12.2 Å². The molecular formula is C8H5FN2O. The van der Waals surface area contributed by atoms with E-state index in [2.05, 4.69) is 10.2 Å². The number of halogens is 1. The molecule has 1 aliphatic rings. The summed E-state index contributed by atoms with van der Waals surface area (Å²) in [6.45, 7) is 0. The summed E-state index contributed by atoms with van der Waals surface area (Å²) in [6, 6.07) is 6.42. The second-order valence-corrected chi connectivity index (χ2v) is 2.44. The van der Waals surface area contributed by atoms with Crippen molar-refractivity contribution in [1.29, 1.82) is 0 Å². The minimum atomic E-state index is -1.49. The SMILES string of the molecule is O=C1N=NC(F)c2ccccc21. The number of carbonyl (C=O) groups is 1. The Morgan fingerprint density at radius 2 is 2.08 bits per heavy atom. The van der Waals surface area contributed by atoms with Gasteiger partial charge in [0.2, 0.25) is 6.30 Å². The second-order valence-electron chi connectivity index (χ2n) is 2.44. The third-order valence-electron chi connectivity index (χ3n) is 1.70. The number of alkyl halides is 1. The van der Waals surface area contributed by atoms with Gasteiger partial charge in [0, 0.05) is 5.56 Å². The lowest BCUT2D eigenvalue weighted by molar-refractivity contribution is 0.0974. The Morgan fingerprint density at radius 3 is 2.83 bits per heavy atom. The smallest absolute Gasteiger partial charge is 0.265 e. The molecule has 0 bridgehead atoms. The number of rotatable bonds is 0. The number of benzene rings is 1. The molecule has 0 saturated heterocycles. The predicted molar refractivity (Wildman–Crippen MR) is 39.5 cm³/mol. The van der Waals surface area contributed by atoms with Gasteiger partial charge < -0.3 is 0 Å². The van der Waals surface area contributed by atoms with Gasteiger partial charge in [-0.25, -0.2) is 4.39 Å². The molecule has 1 aromatic carbocycles. The van der Waals surface area contributed by atoms with Crippen LogP contribution >= 0.6 is 0 Å². The minimum Gasteiger partial charge on any atom is -0.265 e. The minimum absolute atomic E-state index is 0.303. The summed E-state index contributed by atoms with van der Waals surface area (Å²) >= 11 is 0. The summed E-state index contributed by atoms with van der Waals surface area (Å²) in [7, 11) is 0. The van der Waals surface area contributed by atoms with Crippen LogP contribution in [0.2, 0.25) is 0 Å². The largest absolute Gasteiger partial charge is 0.295 e. The van der Waals surface area contributed by atoms with Crippen molar-refractivity contribution < 1.29 is 9.18 Å². The monoisotopic (exact) mass is 164 g/mol. The molecule has 3 nitrogen and oxygen atoms in total. The first-order valence-corrected chi connectivity index (χ1v) is 3.47. The van der Waals surface area contributed by atoms with Crippen LogP contribution in [0.3, 0.4) is 0 Å². The molecule has 2 rings (SSSR count). The summed E-state index contributed by atoms with van der Waals surface area (Å²) < 4.78 is 12.9. The van der Waals surface area contributed by atoms with Crippen LogP contribution in [0.25, 0.3) is 0 Å². The van der Waals surface area contributed by atoms with Crippen LogP contribution in [0.1, 0.15) is 22.2 Å². The van der Waals surface area contributed by atoms with Crippen molar-refractivity contribution in [3.05, 3.63) is 35.4 Å². The number of azo groups is 1. The molecule has 1 aliphatic heterocycles. The lowest BCUT2D eigenvalue weighted by Crippen LogP contribution is -2.06. The first kappa shape index (κ1) is 7.09. The van der Waals surface area contributed by atoms with E-state index in [1.54, 1.807) is 18.2 Å². The average molecular weight is 164 g/mol. The van der Waals surface area contributed by atoms with Crippen LogP contribution in [0.5, 0.6) is 0 Å². The third kappa shape index (κ3) is 0.922. The summed E-state index contributed by atoms with van der Waals surface area (Å²) in [5.74, 6) is -0.473. The molecule has 0 N–H and O–H groups in total. The highest BCUT2D eigenvalue weighted by molar-refractivity contribution is 5.96. The molecule has 12 heavy (non-hydrogen) atoms. The summed E-state index contributed by atoms with van der Waals surface area (Å²) in [4.78, 5) is 11.0. The summed E-state index contributed by atoms with van der Waals surface area (Å²) in [5, 5.41) is 6.32.